The molecule has 0 aliphatic heterocycles. The standard InChI is InChI=1S/C11H8BrN3S/c1-6-2-3-13-11-9(6)14-10(15-11)7-4-8(12)16-5-7/h2-5H,1H3,(H,13,14,15). The van der Waals surface area contributed by atoms with Crippen LogP contribution in [0.15, 0.2) is 27.5 Å². The molecule has 3 heterocycles. The van der Waals surface area contributed by atoms with Gasteiger partial charge in [-0.3, -0.25) is 0 Å². The minimum absolute atomic E-state index is 0.775. The fraction of sp³-hybridized carbons (Fsp3) is 0.0909. The summed E-state index contributed by atoms with van der Waals surface area (Å²) in [5.41, 5.74) is 4.05. The molecule has 5 heteroatoms. The van der Waals surface area contributed by atoms with Crippen molar-refractivity contribution in [2.75, 3.05) is 0 Å². The molecule has 0 fully saturated rings. The van der Waals surface area contributed by atoms with Gasteiger partial charge in [0.25, 0.3) is 0 Å². The van der Waals surface area contributed by atoms with Crippen LogP contribution in [0.1, 0.15) is 5.56 Å². The van der Waals surface area contributed by atoms with Crippen molar-refractivity contribution in [1.82, 2.24) is 15.0 Å². The summed E-state index contributed by atoms with van der Waals surface area (Å²) >= 11 is 5.10. The number of halogens is 1. The van der Waals surface area contributed by atoms with Crippen LogP contribution in [-0.2, 0) is 0 Å². The molecule has 0 radical (unpaired) electrons. The predicted octanol–water partition coefficient (Wildman–Crippen LogP) is 3.76. The lowest BCUT2D eigenvalue weighted by Gasteiger charge is -1.90. The van der Waals surface area contributed by atoms with Gasteiger partial charge >= 0.3 is 0 Å². The molecule has 3 nitrogen and oxygen atoms in total. The maximum Gasteiger partial charge on any atom is 0.178 e. The monoisotopic (exact) mass is 293 g/mol. The van der Waals surface area contributed by atoms with E-state index in [4.69, 9.17) is 0 Å². The summed E-state index contributed by atoms with van der Waals surface area (Å²) in [5, 5.41) is 2.07. The zero-order chi connectivity index (χ0) is 11.1. The van der Waals surface area contributed by atoms with Crippen LogP contribution >= 0.6 is 27.3 Å². The molecule has 0 spiro atoms. The summed E-state index contributed by atoms with van der Waals surface area (Å²) in [4.78, 5) is 12.0. The molecule has 80 valence electrons. The summed E-state index contributed by atoms with van der Waals surface area (Å²) < 4.78 is 1.10. The van der Waals surface area contributed by atoms with Crippen molar-refractivity contribution in [3.05, 3.63) is 33.1 Å². The Morgan fingerprint density at radius 3 is 3.00 bits per heavy atom. The smallest absolute Gasteiger partial charge is 0.178 e. The lowest BCUT2D eigenvalue weighted by molar-refractivity contribution is 1.30. The highest BCUT2D eigenvalue weighted by atomic mass is 79.9. The highest BCUT2D eigenvalue weighted by Crippen LogP contribution is 2.28. The maximum absolute atomic E-state index is 4.48. The topological polar surface area (TPSA) is 41.6 Å². The van der Waals surface area contributed by atoms with Crippen LogP contribution in [0.5, 0.6) is 0 Å². The average Bonchev–Trinajstić information content (AvgIpc) is 2.84. The lowest BCUT2D eigenvalue weighted by Crippen LogP contribution is -1.78. The minimum Gasteiger partial charge on any atom is -0.336 e. The van der Waals surface area contributed by atoms with Crippen molar-refractivity contribution in [3.63, 3.8) is 0 Å². The summed E-state index contributed by atoms with van der Waals surface area (Å²) in [7, 11) is 0. The second kappa shape index (κ2) is 3.68. The summed E-state index contributed by atoms with van der Waals surface area (Å²) in [6, 6.07) is 4.03. The third-order valence-corrected chi connectivity index (χ3v) is 3.95. The van der Waals surface area contributed by atoms with E-state index in [1.165, 1.54) is 0 Å². The van der Waals surface area contributed by atoms with Crippen molar-refractivity contribution in [2.24, 2.45) is 0 Å². The SMILES string of the molecule is Cc1ccnc2nc(-c3csc(Br)c3)[nH]c12. The third kappa shape index (κ3) is 1.56. The molecule has 1 N–H and O–H groups in total. The van der Waals surface area contributed by atoms with Gasteiger partial charge in [-0.25, -0.2) is 9.97 Å². The van der Waals surface area contributed by atoms with Crippen molar-refractivity contribution in [1.29, 1.82) is 0 Å². The number of aromatic nitrogens is 3. The first-order valence-electron chi connectivity index (χ1n) is 4.80. The van der Waals surface area contributed by atoms with Crippen molar-refractivity contribution in [2.45, 2.75) is 6.92 Å². The normalized spacial score (nSPS) is 11.1. The first-order valence-corrected chi connectivity index (χ1v) is 6.47. The molecular formula is C11H8BrN3S. The summed E-state index contributed by atoms with van der Waals surface area (Å²) in [6.45, 7) is 2.05. The van der Waals surface area contributed by atoms with Crippen molar-refractivity contribution < 1.29 is 0 Å². The molecule has 3 aromatic heterocycles. The van der Waals surface area contributed by atoms with Gasteiger partial charge in [-0.05, 0) is 40.5 Å². The van der Waals surface area contributed by atoms with Crippen LogP contribution in [0.3, 0.4) is 0 Å². The van der Waals surface area contributed by atoms with Crippen LogP contribution < -0.4 is 0 Å². The number of nitrogens with one attached hydrogen (secondary N) is 1. The van der Waals surface area contributed by atoms with Crippen LogP contribution in [-0.4, -0.2) is 15.0 Å². The van der Waals surface area contributed by atoms with E-state index >= 15 is 0 Å². The van der Waals surface area contributed by atoms with Crippen molar-refractivity contribution >= 4 is 38.4 Å². The number of thiophene rings is 1. The molecule has 0 aliphatic rings. The van der Waals surface area contributed by atoms with Gasteiger partial charge in [0.2, 0.25) is 0 Å². The summed E-state index contributed by atoms with van der Waals surface area (Å²) in [5.74, 6) is 0.874. The Labute approximate surface area is 105 Å². The minimum atomic E-state index is 0.775. The third-order valence-electron chi connectivity index (χ3n) is 2.44. The van der Waals surface area contributed by atoms with E-state index in [1.54, 1.807) is 17.5 Å². The molecule has 0 aromatic carbocycles. The number of H-pyrrole nitrogens is 1. The number of fused-ring (bicyclic) bond motifs is 1. The van der Waals surface area contributed by atoms with Gasteiger partial charge in [0.1, 0.15) is 5.82 Å². The zero-order valence-electron chi connectivity index (χ0n) is 8.49. The predicted molar refractivity (Wildman–Crippen MR) is 69.6 cm³/mol. The fourth-order valence-electron chi connectivity index (χ4n) is 1.61. The fourth-order valence-corrected chi connectivity index (χ4v) is 2.75. The van der Waals surface area contributed by atoms with E-state index < -0.39 is 0 Å². The van der Waals surface area contributed by atoms with E-state index in [0.717, 1.165) is 31.9 Å². The second-order valence-corrected chi connectivity index (χ2v) is 5.84. The molecule has 0 saturated carbocycles. The molecule has 3 rings (SSSR count). The number of pyridine rings is 1. The van der Waals surface area contributed by atoms with Crippen LogP contribution in [0.4, 0.5) is 0 Å². The van der Waals surface area contributed by atoms with Gasteiger partial charge in [-0.15, -0.1) is 11.3 Å². The van der Waals surface area contributed by atoms with Crippen molar-refractivity contribution in [3.8, 4) is 11.4 Å². The van der Waals surface area contributed by atoms with Crippen LogP contribution in [0.2, 0.25) is 0 Å². The quantitative estimate of drug-likeness (QED) is 0.742. The first kappa shape index (κ1) is 9.99. The Kier molecular flexibility index (Phi) is 2.29. The number of aryl methyl sites for hydroxylation is 1. The second-order valence-electron chi connectivity index (χ2n) is 3.55. The number of rotatable bonds is 1. The van der Waals surface area contributed by atoms with E-state index in [1.807, 2.05) is 6.07 Å². The highest BCUT2D eigenvalue weighted by Gasteiger charge is 2.08. The van der Waals surface area contributed by atoms with Crippen LogP contribution in [0, 0.1) is 6.92 Å². The molecule has 0 amide bonds. The van der Waals surface area contributed by atoms with E-state index in [9.17, 15) is 0 Å². The Balaban J connectivity index is 2.22. The number of imidazole rings is 1. The van der Waals surface area contributed by atoms with Gasteiger partial charge in [0.15, 0.2) is 5.65 Å². The number of nitrogens with zero attached hydrogens (tertiary/aromatic N) is 2. The number of hydrogen-bond acceptors (Lipinski definition) is 3. The van der Waals surface area contributed by atoms with Gasteiger partial charge in [0.05, 0.1) is 9.30 Å². The van der Waals surface area contributed by atoms with E-state index in [0.29, 0.717) is 0 Å². The number of hydrogen-bond donors (Lipinski definition) is 1. The molecule has 3 aromatic rings. The molecule has 0 atom stereocenters. The molecule has 0 bridgehead atoms. The lowest BCUT2D eigenvalue weighted by atomic mass is 10.3. The van der Waals surface area contributed by atoms with Gasteiger partial charge in [-0.1, -0.05) is 0 Å². The van der Waals surface area contributed by atoms with Crippen LogP contribution in [0.25, 0.3) is 22.6 Å². The molecule has 16 heavy (non-hydrogen) atoms. The zero-order valence-corrected chi connectivity index (χ0v) is 10.9. The van der Waals surface area contributed by atoms with E-state index in [2.05, 4.69) is 49.3 Å². The Morgan fingerprint density at radius 2 is 2.31 bits per heavy atom. The molecular weight excluding hydrogens is 286 g/mol. The maximum atomic E-state index is 4.48. The highest BCUT2D eigenvalue weighted by molar-refractivity contribution is 9.11. The molecule has 0 unspecified atom stereocenters. The van der Waals surface area contributed by atoms with Gasteiger partial charge in [-0.2, -0.15) is 0 Å². The largest absolute Gasteiger partial charge is 0.336 e. The number of aromatic amines is 1. The average molecular weight is 294 g/mol. The Morgan fingerprint density at radius 1 is 1.44 bits per heavy atom. The Hall–Kier alpha value is -1.20. The molecule has 0 aliphatic carbocycles. The summed E-state index contributed by atoms with van der Waals surface area (Å²) in [6.07, 6.45) is 1.78. The molecule has 0 saturated heterocycles. The van der Waals surface area contributed by atoms with Gasteiger partial charge in [0, 0.05) is 17.1 Å². The Bertz CT molecular complexity index is 656. The van der Waals surface area contributed by atoms with E-state index in [-0.39, 0.29) is 0 Å². The van der Waals surface area contributed by atoms with Gasteiger partial charge < -0.3 is 4.98 Å². The first-order chi connectivity index (χ1) is 7.74.